The molecule has 5 nitrogen and oxygen atoms in total. The minimum atomic E-state index is -0.0694. The van der Waals surface area contributed by atoms with Gasteiger partial charge in [0, 0.05) is 34.4 Å². The zero-order valence-electron chi connectivity index (χ0n) is 16.7. The molecule has 0 fully saturated rings. The lowest BCUT2D eigenvalue weighted by molar-refractivity contribution is 0.0954. The molecule has 1 amide bonds. The van der Waals surface area contributed by atoms with Crippen LogP contribution in [0.15, 0.2) is 90.4 Å². The van der Waals surface area contributed by atoms with Gasteiger partial charge in [-0.15, -0.1) is 11.3 Å². The van der Waals surface area contributed by atoms with Crippen molar-refractivity contribution >= 4 is 28.4 Å². The van der Waals surface area contributed by atoms with Crippen molar-refractivity contribution in [2.75, 3.05) is 6.54 Å². The molecule has 0 aliphatic rings. The van der Waals surface area contributed by atoms with Gasteiger partial charge in [-0.25, -0.2) is 9.97 Å². The van der Waals surface area contributed by atoms with Crippen LogP contribution in [0.1, 0.15) is 15.2 Å². The molecule has 0 atom stereocenters. The van der Waals surface area contributed by atoms with E-state index in [1.165, 1.54) is 4.88 Å². The molecule has 0 spiro atoms. The van der Waals surface area contributed by atoms with Crippen molar-refractivity contribution < 1.29 is 4.79 Å². The third-order valence-corrected chi connectivity index (χ3v) is 6.01. The number of rotatable bonds is 6. The zero-order chi connectivity index (χ0) is 21.0. The average Bonchev–Trinajstić information content (AvgIpc) is 3.47. The molecule has 5 aromatic rings. The SMILES string of the molecule is O=C(NCCc1cccs1)c1ccc(-n2c(-c3ccccc3)nc3cccnc32)cc1. The molecule has 0 bridgehead atoms. The molecule has 0 aliphatic heterocycles. The third-order valence-electron chi connectivity index (χ3n) is 5.07. The quantitative estimate of drug-likeness (QED) is 0.411. The molecule has 3 aromatic heterocycles. The Bertz CT molecular complexity index is 1310. The number of benzene rings is 2. The summed E-state index contributed by atoms with van der Waals surface area (Å²) < 4.78 is 2.03. The highest BCUT2D eigenvalue weighted by Crippen LogP contribution is 2.27. The monoisotopic (exact) mass is 424 g/mol. The summed E-state index contributed by atoms with van der Waals surface area (Å²) in [6.45, 7) is 0.620. The zero-order valence-corrected chi connectivity index (χ0v) is 17.5. The summed E-state index contributed by atoms with van der Waals surface area (Å²) in [5, 5.41) is 5.04. The number of hydrogen-bond acceptors (Lipinski definition) is 4. The van der Waals surface area contributed by atoms with Crippen LogP contribution in [-0.2, 0) is 6.42 Å². The standard InChI is InChI=1S/C25H20N4OS/c30-25(27-16-14-21-8-5-17-31-21)19-10-12-20(13-11-19)29-23(18-6-2-1-3-7-18)28-22-9-4-15-26-24(22)29/h1-13,15,17H,14,16H2,(H,27,30). The van der Waals surface area contributed by atoms with E-state index in [4.69, 9.17) is 4.98 Å². The predicted molar refractivity (Wildman–Crippen MR) is 125 cm³/mol. The average molecular weight is 425 g/mol. The molecule has 1 N–H and O–H groups in total. The number of fused-ring (bicyclic) bond motifs is 1. The number of thiophene rings is 1. The van der Waals surface area contributed by atoms with Crippen LogP contribution < -0.4 is 5.32 Å². The van der Waals surface area contributed by atoms with E-state index in [0.29, 0.717) is 12.1 Å². The van der Waals surface area contributed by atoms with Crippen molar-refractivity contribution in [3.8, 4) is 17.1 Å². The fourth-order valence-electron chi connectivity index (χ4n) is 3.56. The van der Waals surface area contributed by atoms with Crippen molar-refractivity contribution in [3.63, 3.8) is 0 Å². The Balaban J connectivity index is 1.42. The first-order valence-corrected chi connectivity index (χ1v) is 11.0. The van der Waals surface area contributed by atoms with Crippen LogP contribution in [0.2, 0.25) is 0 Å². The maximum atomic E-state index is 12.5. The Morgan fingerprint density at radius 1 is 0.935 bits per heavy atom. The fourth-order valence-corrected chi connectivity index (χ4v) is 4.26. The third kappa shape index (κ3) is 3.98. The molecular formula is C25H20N4OS. The Labute approximate surface area is 184 Å². The van der Waals surface area contributed by atoms with E-state index in [-0.39, 0.29) is 5.91 Å². The van der Waals surface area contributed by atoms with Crippen LogP contribution in [0, 0.1) is 0 Å². The number of hydrogen-bond donors (Lipinski definition) is 1. The number of imidazole rings is 1. The lowest BCUT2D eigenvalue weighted by atomic mass is 10.1. The van der Waals surface area contributed by atoms with E-state index in [1.54, 1.807) is 17.5 Å². The second kappa shape index (κ2) is 8.53. The van der Waals surface area contributed by atoms with Gasteiger partial charge in [-0.2, -0.15) is 0 Å². The van der Waals surface area contributed by atoms with E-state index >= 15 is 0 Å². The van der Waals surface area contributed by atoms with Crippen molar-refractivity contribution in [1.29, 1.82) is 0 Å². The molecular weight excluding hydrogens is 404 g/mol. The minimum absolute atomic E-state index is 0.0694. The number of nitrogens with zero attached hydrogens (tertiary/aromatic N) is 3. The van der Waals surface area contributed by atoms with Gasteiger partial charge in [-0.05, 0) is 54.3 Å². The van der Waals surface area contributed by atoms with Gasteiger partial charge in [0.2, 0.25) is 0 Å². The molecule has 2 aromatic carbocycles. The topological polar surface area (TPSA) is 59.8 Å². The van der Waals surface area contributed by atoms with Gasteiger partial charge in [0.05, 0.1) is 0 Å². The van der Waals surface area contributed by atoms with Gasteiger partial charge in [0.25, 0.3) is 5.91 Å². The van der Waals surface area contributed by atoms with E-state index in [0.717, 1.165) is 34.7 Å². The van der Waals surface area contributed by atoms with Gasteiger partial charge in [-0.1, -0.05) is 36.4 Å². The summed E-state index contributed by atoms with van der Waals surface area (Å²) in [6, 6.07) is 25.6. The van der Waals surface area contributed by atoms with Crippen molar-refractivity contribution in [2.45, 2.75) is 6.42 Å². The number of carbonyl (C=O) groups is 1. The molecule has 6 heteroatoms. The van der Waals surface area contributed by atoms with Gasteiger partial charge in [-0.3, -0.25) is 9.36 Å². The first-order valence-electron chi connectivity index (χ1n) is 10.1. The molecule has 31 heavy (non-hydrogen) atoms. The van der Waals surface area contributed by atoms with Crippen LogP contribution in [0.4, 0.5) is 0 Å². The Hall–Kier alpha value is -3.77. The van der Waals surface area contributed by atoms with Crippen LogP contribution in [-0.4, -0.2) is 27.0 Å². The van der Waals surface area contributed by atoms with Crippen LogP contribution in [0.3, 0.4) is 0 Å². The van der Waals surface area contributed by atoms with E-state index in [9.17, 15) is 4.79 Å². The lowest BCUT2D eigenvalue weighted by Gasteiger charge is -2.10. The van der Waals surface area contributed by atoms with Crippen LogP contribution in [0.25, 0.3) is 28.2 Å². The Morgan fingerprint density at radius 3 is 2.55 bits per heavy atom. The van der Waals surface area contributed by atoms with Gasteiger partial charge in [0.15, 0.2) is 5.65 Å². The fraction of sp³-hybridized carbons (Fsp3) is 0.0800. The summed E-state index contributed by atoms with van der Waals surface area (Å²) in [4.78, 5) is 23.2. The van der Waals surface area contributed by atoms with Gasteiger partial charge >= 0.3 is 0 Å². The molecule has 0 aliphatic carbocycles. The number of nitrogens with one attached hydrogen (secondary N) is 1. The van der Waals surface area contributed by atoms with Gasteiger partial charge in [0.1, 0.15) is 11.3 Å². The summed E-state index contributed by atoms with van der Waals surface area (Å²) in [5.41, 5.74) is 4.17. The Kier molecular flexibility index (Phi) is 5.29. The highest BCUT2D eigenvalue weighted by Gasteiger charge is 2.15. The summed E-state index contributed by atoms with van der Waals surface area (Å²) in [6.07, 6.45) is 2.61. The van der Waals surface area contributed by atoms with Crippen LogP contribution >= 0.6 is 11.3 Å². The highest BCUT2D eigenvalue weighted by atomic mass is 32.1. The van der Waals surface area contributed by atoms with Crippen molar-refractivity contribution in [2.24, 2.45) is 0 Å². The number of pyridine rings is 1. The largest absolute Gasteiger partial charge is 0.352 e. The second-order valence-electron chi connectivity index (χ2n) is 7.12. The van der Waals surface area contributed by atoms with E-state index in [2.05, 4.69) is 16.4 Å². The predicted octanol–water partition coefficient (Wildman–Crippen LogP) is 5.12. The maximum Gasteiger partial charge on any atom is 0.251 e. The summed E-state index contributed by atoms with van der Waals surface area (Å²) in [7, 11) is 0. The normalized spacial score (nSPS) is 11.0. The number of aromatic nitrogens is 3. The summed E-state index contributed by atoms with van der Waals surface area (Å²) in [5.74, 6) is 0.752. The molecule has 0 unspecified atom stereocenters. The highest BCUT2D eigenvalue weighted by molar-refractivity contribution is 7.09. The first-order chi connectivity index (χ1) is 15.3. The second-order valence-corrected chi connectivity index (χ2v) is 8.15. The van der Waals surface area contributed by atoms with Gasteiger partial charge < -0.3 is 5.32 Å². The minimum Gasteiger partial charge on any atom is -0.352 e. The number of amides is 1. The lowest BCUT2D eigenvalue weighted by Crippen LogP contribution is -2.25. The maximum absolute atomic E-state index is 12.5. The molecule has 0 radical (unpaired) electrons. The molecule has 0 saturated carbocycles. The van der Waals surface area contributed by atoms with Crippen LogP contribution in [0.5, 0.6) is 0 Å². The molecule has 5 rings (SSSR count). The molecule has 0 saturated heterocycles. The van der Waals surface area contributed by atoms with Crippen molar-refractivity contribution in [1.82, 2.24) is 19.9 Å². The molecule has 152 valence electrons. The Morgan fingerprint density at radius 2 is 1.77 bits per heavy atom. The molecule has 3 heterocycles. The first kappa shape index (κ1) is 19.2. The smallest absolute Gasteiger partial charge is 0.251 e. The van der Waals surface area contributed by atoms with E-state index in [1.807, 2.05) is 82.7 Å². The van der Waals surface area contributed by atoms with E-state index < -0.39 is 0 Å². The number of carbonyl (C=O) groups excluding carboxylic acids is 1. The van der Waals surface area contributed by atoms with Crippen molar-refractivity contribution in [3.05, 3.63) is 101 Å². The summed E-state index contributed by atoms with van der Waals surface area (Å²) >= 11 is 1.71.